The third-order valence-corrected chi connectivity index (χ3v) is 4.62. The van der Waals surface area contributed by atoms with Gasteiger partial charge >= 0.3 is 0 Å². The summed E-state index contributed by atoms with van der Waals surface area (Å²) in [6.45, 7) is 3.12. The third-order valence-electron chi connectivity index (χ3n) is 2.16. The second kappa shape index (κ2) is 5.25. The molecule has 1 N–H and O–H groups in total. The van der Waals surface area contributed by atoms with Crippen molar-refractivity contribution in [2.75, 3.05) is 6.54 Å². The lowest BCUT2D eigenvalue weighted by atomic mass is 10.1. The standard InChI is InChI=1S/C11H12BrNS2/c1-2-13-11(8-3-4-14-6-8)10-5-9(12)7-15-10/h3-7,11,13H,2H2,1H3. The first kappa shape index (κ1) is 11.3. The summed E-state index contributed by atoms with van der Waals surface area (Å²) in [7, 11) is 0. The Morgan fingerprint density at radius 3 is 2.87 bits per heavy atom. The van der Waals surface area contributed by atoms with Crippen molar-refractivity contribution in [1.82, 2.24) is 5.32 Å². The maximum absolute atomic E-state index is 3.51. The third kappa shape index (κ3) is 2.69. The van der Waals surface area contributed by atoms with Crippen molar-refractivity contribution in [3.8, 4) is 0 Å². The van der Waals surface area contributed by atoms with E-state index in [4.69, 9.17) is 0 Å². The quantitative estimate of drug-likeness (QED) is 0.889. The van der Waals surface area contributed by atoms with E-state index in [2.05, 4.69) is 56.4 Å². The number of thiophene rings is 2. The molecule has 4 heteroatoms. The summed E-state index contributed by atoms with van der Waals surface area (Å²) in [6, 6.07) is 4.72. The first-order valence-electron chi connectivity index (χ1n) is 4.80. The molecule has 2 aromatic rings. The number of halogens is 1. The molecule has 2 rings (SSSR count). The fraction of sp³-hybridized carbons (Fsp3) is 0.273. The highest BCUT2D eigenvalue weighted by Gasteiger charge is 2.14. The van der Waals surface area contributed by atoms with Crippen molar-refractivity contribution in [2.24, 2.45) is 0 Å². The lowest BCUT2D eigenvalue weighted by Gasteiger charge is -2.14. The van der Waals surface area contributed by atoms with Crippen molar-refractivity contribution in [3.05, 3.63) is 43.2 Å². The van der Waals surface area contributed by atoms with E-state index < -0.39 is 0 Å². The molecular formula is C11H12BrNS2. The summed E-state index contributed by atoms with van der Waals surface area (Å²) in [5, 5.41) is 9.98. The molecule has 0 aliphatic rings. The Bertz CT molecular complexity index is 408. The molecule has 0 aliphatic carbocycles. The van der Waals surface area contributed by atoms with Crippen molar-refractivity contribution in [2.45, 2.75) is 13.0 Å². The molecule has 2 aromatic heterocycles. The average Bonchev–Trinajstić information content (AvgIpc) is 2.85. The summed E-state index contributed by atoms with van der Waals surface area (Å²) in [4.78, 5) is 1.36. The molecule has 0 saturated heterocycles. The van der Waals surface area contributed by atoms with Crippen LogP contribution in [-0.2, 0) is 0 Å². The van der Waals surface area contributed by atoms with E-state index in [0.29, 0.717) is 6.04 Å². The van der Waals surface area contributed by atoms with Crippen molar-refractivity contribution < 1.29 is 0 Å². The molecular weight excluding hydrogens is 290 g/mol. The van der Waals surface area contributed by atoms with Gasteiger partial charge in [-0.1, -0.05) is 6.92 Å². The Balaban J connectivity index is 2.27. The van der Waals surface area contributed by atoms with E-state index in [1.807, 2.05) is 0 Å². The molecule has 1 nitrogen and oxygen atoms in total. The molecule has 2 heterocycles. The van der Waals surface area contributed by atoms with Gasteiger partial charge in [-0.25, -0.2) is 0 Å². The Morgan fingerprint density at radius 2 is 2.33 bits per heavy atom. The molecule has 0 radical (unpaired) electrons. The summed E-state index contributed by atoms with van der Waals surface area (Å²) in [6.07, 6.45) is 0. The molecule has 0 fully saturated rings. The van der Waals surface area contributed by atoms with Crippen LogP contribution >= 0.6 is 38.6 Å². The van der Waals surface area contributed by atoms with Crippen LogP contribution in [0, 0.1) is 0 Å². The highest BCUT2D eigenvalue weighted by Crippen LogP contribution is 2.30. The Kier molecular flexibility index (Phi) is 3.97. The van der Waals surface area contributed by atoms with Crippen molar-refractivity contribution in [1.29, 1.82) is 0 Å². The lowest BCUT2D eigenvalue weighted by molar-refractivity contribution is 0.641. The minimum absolute atomic E-state index is 0.345. The molecule has 0 spiro atoms. The van der Waals surface area contributed by atoms with Gasteiger partial charge in [-0.05, 0) is 50.9 Å². The first-order chi connectivity index (χ1) is 7.31. The van der Waals surface area contributed by atoms with Crippen LogP contribution < -0.4 is 5.32 Å². The van der Waals surface area contributed by atoms with Crippen LogP contribution in [0.3, 0.4) is 0 Å². The minimum Gasteiger partial charge on any atom is -0.306 e. The Morgan fingerprint density at radius 1 is 1.47 bits per heavy atom. The molecule has 0 aliphatic heterocycles. The zero-order valence-electron chi connectivity index (χ0n) is 8.37. The summed E-state index contributed by atoms with van der Waals surface area (Å²) < 4.78 is 1.17. The second-order valence-electron chi connectivity index (χ2n) is 3.21. The summed E-state index contributed by atoms with van der Waals surface area (Å²) in [5.41, 5.74) is 1.36. The van der Waals surface area contributed by atoms with Gasteiger partial charge in [0.25, 0.3) is 0 Å². The largest absolute Gasteiger partial charge is 0.306 e. The minimum atomic E-state index is 0.345. The van der Waals surface area contributed by atoms with Gasteiger partial charge < -0.3 is 5.32 Å². The fourth-order valence-electron chi connectivity index (χ4n) is 1.51. The van der Waals surface area contributed by atoms with E-state index in [1.54, 1.807) is 22.7 Å². The second-order valence-corrected chi connectivity index (χ2v) is 5.85. The lowest BCUT2D eigenvalue weighted by Crippen LogP contribution is -2.20. The highest BCUT2D eigenvalue weighted by atomic mass is 79.9. The number of hydrogen-bond donors (Lipinski definition) is 1. The predicted octanol–water partition coefficient (Wildman–Crippen LogP) is 4.27. The fourth-order valence-corrected chi connectivity index (χ4v) is 3.74. The number of hydrogen-bond acceptors (Lipinski definition) is 3. The van der Waals surface area contributed by atoms with E-state index in [0.717, 1.165) is 6.54 Å². The monoisotopic (exact) mass is 301 g/mol. The van der Waals surface area contributed by atoms with Crippen LogP contribution in [0.5, 0.6) is 0 Å². The zero-order chi connectivity index (χ0) is 10.7. The zero-order valence-corrected chi connectivity index (χ0v) is 11.6. The normalized spacial score (nSPS) is 12.9. The maximum Gasteiger partial charge on any atom is 0.0679 e. The van der Waals surface area contributed by atoms with Gasteiger partial charge in [0.1, 0.15) is 0 Å². The Labute approximate surface area is 106 Å². The van der Waals surface area contributed by atoms with E-state index in [1.165, 1.54) is 14.9 Å². The molecule has 0 aromatic carbocycles. The topological polar surface area (TPSA) is 12.0 Å². The molecule has 80 valence electrons. The van der Waals surface area contributed by atoms with Crippen LogP contribution in [0.2, 0.25) is 0 Å². The van der Waals surface area contributed by atoms with Crippen molar-refractivity contribution in [3.63, 3.8) is 0 Å². The van der Waals surface area contributed by atoms with Gasteiger partial charge in [-0.2, -0.15) is 11.3 Å². The van der Waals surface area contributed by atoms with Gasteiger partial charge in [-0.15, -0.1) is 11.3 Å². The highest BCUT2D eigenvalue weighted by molar-refractivity contribution is 9.10. The molecule has 15 heavy (non-hydrogen) atoms. The number of nitrogens with one attached hydrogen (secondary N) is 1. The van der Waals surface area contributed by atoms with Crippen LogP contribution in [0.25, 0.3) is 0 Å². The summed E-state index contributed by atoms with van der Waals surface area (Å²) in [5.74, 6) is 0. The van der Waals surface area contributed by atoms with Gasteiger partial charge in [0.2, 0.25) is 0 Å². The van der Waals surface area contributed by atoms with E-state index in [-0.39, 0.29) is 0 Å². The SMILES string of the molecule is CCNC(c1ccsc1)c1cc(Br)cs1. The number of rotatable bonds is 4. The molecule has 1 atom stereocenters. The molecule has 0 amide bonds. The maximum atomic E-state index is 3.51. The van der Waals surface area contributed by atoms with Gasteiger partial charge in [-0.3, -0.25) is 0 Å². The van der Waals surface area contributed by atoms with Gasteiger partial charge in [0.05, 0.1) is 6.04 Å². The van der Waals surface area contributed by atoms with Crippen LogP contribution in [0.1, 0.15) is 23.4 Å². The Hall–Kier alpha value is -0.160. The van der Waals surface area contributed by atoms with Crippen molar-refractivity contribution >= 4 is 38.6 Å². The van der Waals surface area contributed by atoms with Crippen LogP contribution in [-0.4, -0.2) is 6.54 Å². The van der Waals surface area contributed by atoms with Gasteiger partial charge in [0, 0.05) is 14.7 Å². The first-order valence-corrected chi connectivity index (χ1v) is 7.42. The van der Waals surface area contributed by atoms with Gasteiger partial charge in [0.15, 0.2) is 0 Å². The van der Waals surface area contributed by atoms with Crippen LogP contribution in [0.4, 0.5) is 0 Å². The van der Waals surface area contributed by atoms with Crippen LogP contribution in [0.15, 0.2) is 32.7 Å². The average molecular weight is 302 g/mol. The predicted molar refractivity (Wildman–Crippen MR) is 71.9 cm³/mol. The summed E-state index contributed by atoms with van der Waals surface area (Å²) >= 11 is 7.04. The smallest absolute Gasteiger partial charge is 0.0679 e. The molecule has 0 bridgehead atoms. The van der Waals surface area contributed by atoms with E-state index >= 15 is 0 Å². The molecule has 0 saturated carbocycles. The van der Waals surface area contributed by atoms with E-state index in [9.17, 15) is 0 Å². The molecule has 1 unspecified atom stereocenters.